The molecule has 0 fully saturated rings. The lowest BCUT2D eigenvalue weighted by Gasteiger charge is -2.28. The highest BCUT2D eigenvalue weighted by Gasteiger charge is 2.18. The summed E-state index contributed by atoms with van der Waals surface area (Å²) in [5.74, 6) is 0.711. The van der Waals surface area contributed by atoms with Crippen LogP contribution < -0.4 is 5.01 Å². The van der Waals surface area contributed by atoms with Crippen LogP contribution in [-0.4, -0.2) is 30.0 Å². The Labute approximate surface area is 110 Å². The number of carbonyl (C=O) groups excluding carboxylic acids is 1. The van der Waals surface area contributed by atoms with Crippen LogP contribution in [0.3, 0.4) is 0 Å². The molecule has 2 rings (SSSR count). The van der Waals surface area contributed by atoms with E-state index < -0.39 is 0 Å². The maximum Gasteiger partial charge on any atom is 0.282 e. The third-order valence-electron chi connectivity index (χ3n) is 2.68. The van der Waals surface area contributed by atoms with Crippen molar-refractivity contribution in [1.29, 1.82) is 0 Å². The maximum absolute atomic E-state index is 12.2. The van der Waals surface area contributed by atoms with Gasteiger partial charge in [0, 0.05) is 25.2 Å². The van der Waals surface area contributed by atoms with Gasteiger partial charge in [0.1, 0.15) is 5.82 Å². The van der Waals surface area contributed by atoms with E-state index in [1.165, 1.54) is 11.3 Å². The Morgan fingerprint density at radius 1 is 1.22 bits per heavy atom. The fraction of sp³-hybridized carbons (Fsp3) is 0.231. The molecule has 94 valence electrons. The summed E-state index contributed by atoms with van der Waals surface area (Å²) in [6.45, 7) is 1.99. The van der Waals surface area contributed by atoms with Crippen LogP contribution in [-0.2, 0) is 0 Å². The first-order valence-electron chi connectivity index (χ1n) is 5.59. The molecule has 0 radical (unpaired) electrons. The second-order valence-electron chi connectivity index (χ2n) is 3.95. The molecule has 0 atom stereocenters. The average Bonchev–Trinajstić information content (AvgIpc) is 2.84. The van der Waals surface area contributed by atoms with Crippen LogP contribution in [0.4, 0.5) is 5.82 Å². The predicted octanol–water partition coefficient (Wildman–Crippen LogP) is 2.57. The van der Waals surface area contributed by atoms with E-state index in [4.69, 9.17) is 0 Å². The first-order chi connectivity index (χ1) is 8.59. The van der Waals surface area contributed by atoms with E-state index in [9.17, 15) is 4.79 Å². The minimum Gasteiger partial charge on any atom is -0.269 e. The fourth-order valence-electron chi connectivity index (χ4n) is 1.54. The number of pyridine rings is 1. The minimum atomic E-state index is -0.0266. The lowest BCUT2D eigenvalue weighted by Crippen LogP contribution is -2.41. The number of aryl methyl sites for hydroxylation is 1. The molecule has 0 unspecified atom stereocenters. The average molecular weight is 261 g/mol. The quantitative estimate of drug-likeness (QED) is 0.797. The third-order valence-corrected chi connectivity index (χ3v) is 3.66. The Morgan fingerprint density at radius 2 is 2.00 bits per heavy atom. The molecular formula is C13H15N3OS. The molecule has 1 amide bonds. The smallest absolute Gasteiger partial charge is 0.269 e. The van der Waals surface area contributed by atoms with Crippen LogP contribution in [0.15, 0.2) is 36.5 Å². The highest BCUT2D eigenvalue weighted by Crippen LogP contribution is 2.18. The second kappa shape index (κ2) is 5.18. The summed E-state index contributed by atoms with van der Waals surface area (Å²) < 4.78 is 0. The number of anilines is 1. The molecule has 0 aliphatic carbocycles. The van der Waals surface area contributed by atoms with Gasteiger partial charge >= 0.3 is 0 Å². The largest absolute Gasteiger partial charge is 0.282 e. The van der Waals surface area contributed by atoms with Crippen molar-refractivity contribution in [2.75, 3.05) is 19.1 Å². The number of carbonyl (C=O) groups is 1. The molecule has 2 heterocycles. The third kappa shape index (κ3) is 2.51. The number of thiophene rings is 1. The van der Waals surface area contributed by atoms with Crippen molar-refractivity contribution in [3.8, 4) is 0 Å². The topological polar surface area (TPSA) is 36.4 Å². The van der Waals surface area contributed by atoms with Crippen molar-refractivity contribution in [3.05, 3.63) is 46.3 Å². The summed E-state index contributed by atoms with van der Waals surface area (Å²) in [4.78, 5) is 18.3. The van der Waals surface area contributed by atoms with Gasteiger partial charge in [-0.05, 0) is 31.2 Å². The zero-order valence-corrected chi connectivity index (χ0v) is 11.4. The number of rotatable bonds is 3. The molecule has 0 spiro atoms. The first-order valence-corrected chi connectivity index (χ1v) is 6.40. The van der Waals surface area contributed by atoms with Gasteiger partial charge in [0.15, 0.2) is 0 Å². The van der Waals surface area contributed by atoms with Crippen molar-refractivity contribution in [2.45, 2.75) is 6.92 Å². The van der Waals surface area contributed by atoms with Crippen LogP contribution in [0.25, 0.3) is 0 Å². The summed E-state index contributed by atoms with van der Waals surface area (Å²) >= 11 is 1.50. The highest BCUT2D eigenvalue weighted by atomic mass is 32.1. The molecule has 0 saturated carbocycles. The summed E-state index contributed by atoms with van der Waals surface area (Å²) in [6.07, 6.45) is 1.71. The van der Waals surface area contributed by atoms with E-state index >= 15 is 0 Å². The number of hydrazine groups is 1. The Bertz CT molecular complexity index is 538. The van der Waals surface area contributed by atoms with Crippen LogP contribution >= 0.6 is 11.3 Å². The normalized spacial score (nSPS) is 10.2. The Kier molecular flexibility index (Phi) is 3.62. The van der Waals surface area contributed by atoms with Crippen molar-refractivity contribution in [2.24, 2.45) is 0 Å². The van der Waals surface area contributed by atoms with E-state index in [0.717, 1.165) is 15.6 Å². The Morgan fingerprint density at radius 3 is 2.56 bits per heavy atom. The van der Waals surface area contributed by atoms with Gasteiger partial charge in [-0.1, -0.05) is 6.07 Å². The van der Waals surface area contributed by atoms with Crippen molar-refractivity contribution in [3.63, 3.8) is 0 Å². The van der Waals surface area contributed by atoms with Gasteiger partial charge in [-0.3, -0.25) is 14.8 Å². The molecule has 4 nitrogen and oxygen atoms in total. The molecule has 0 N–H and O–H groups in total. The van der Waals surface area contributed by atoms with Gasteiger partial charge in [-0.25, -0.2) is 4.98 Å². The van der Waals surface area contributed by atoms with Gasteiger partial charge in [0.25, 0.3) is 5.91 Å². The molecule has 0 aliphatic heterocycles. The SMILES string of the molecule is Cc1ccc(C(=O)N(C)N(C)c2ccccn2)s1. The monoisotopic (exact) mass is 261 g/mol. The summed E-state index contributed by atoms with van der Waals surface area (Å²) in [6, 6.07) is 9.41. The number of aromatic nitrogens is 1. The van der Waals surface area contributed by atoms with Crippen molar-refractivity contribution < 1.29 is 4.79 Å². The van der Waals surface area contributed by atoms with Crippen LogP contribution in [0.5, 0.6) is 0 Å². The number of amides is 1. The minimum absolute atomic E-state index is 0.0266. The van der Waals surface area contributed by atoms with Crippen LogP contribution in [0, 0.1) is 6.92 Å². The molecule has 18 heavy (non-hydrogen) atoms. The molecule has 5 heteroatoms. The Balaban J connectivity index is 2.16. The number of hydrogen-bond acceptors (Lipinski definition) is 4. The molecule has 2 aromatic rings. The molecule has 0 saturated heterocycles. The van der Waals surface area contributed by atoms with Crippen LogP contribution in [0.1, 0.15) is 14.5 Å². The number of nitrogens with zero attached hydrogens (tertiary/aromatic N) is 3. The summed E-state index contributed by atoms with van der Waals surface area (Å²) in [5.41, 5.74) is 0. The Hall–Kier alpha value is -1.88. The van der Waals surface area contributed by atoms with E-state index in [0.29, 0.717) is 0 Å². The lowest BCUT2D eigenvalue weighted by atomic mass is 10.4. The van der Waals surface area contributed by atoms with Crippen LogP contribution in [0.2, 0.25) is 0 Å². The number of hydrogen-bond donors (Lipinski definition) is 0. The van der Waals surface area contributed by atoms with E-state index in [1.54, 1.807) is 23.3 Å². The first kappa shape index (κ1) is 12.6. The van der Waals surface area contributed by atoms with Gasteiger partial charge in [-0.15, -0.1) is 11.3 Å². The van der Waals surface area contributed by atoms with Gasteiger partial charge < -0.3 is 0 Å². The molecular weight excluding hydrogens is 246 g/mol. The van der Waals surface area contributed by atoms with Gasteiger partial charge in [0.05, 0.1) is 4.88 Å². The van der Waals surface area contributed by atoms with Crippen molar-refractivity contribution >= 4 is 23.1 Å². The summed E-state index contributed by atoms with van der Waals surface area (Å²) in [7, 11) is 3.56. The summed E-state index contributed by atoms with van der Waals surface area (Å²) in [5, 5.41) is 3.30. The second-order valence-corrected chi connectivity index (χ2v) is 5.24. The van der Waals surface area contributed by atoms with Gasteiger partial charge in [0.2, 0.25) is 0 Å². The van der Waals surface area contributed by atoms with E-state index in [1.807, 2.05) is 44.3 Å². The van der Waals surface area contributed by atoms with Crippen molar-refractivity contribution in [1.82, 2.24) is 9.99 Å². The highest BCUT2D eigenvalue weighted by molar-refractivity contribution is 7.13. The van der Waals surface area contributed by atoms with E-state index in [-0.39, 0.29) is 5.91 Å². The lowest BCUT2D eigenvalue weighted by molar-refractivity contribution is 0.0790. The van der Waals surface area contributed by atoms with Gasteiger partial charge in [-0.2, -0.15) is 0 Å². The molecule has 0 bridgehead atoms. The fourth-order valence-corrected chi connectivity index (χ4v) is 2.38. The van der Waals surface area contributed by atoms with E-state index in [2.05, 4.69) is 4.98 Å². The zero-order valence-electron chi connectivity index (χ0n) is 10.6. The molecule has 2 aromatic heterocycles. The molecule has 0 aromatic carbocycles. The zero-order chi connectivity index (χ0) is 13.1. The standard InChI is InChI=1S/C13H15N3OS/c1-10-7-8-11(18-10)13(17)16(3)15(2)12-6-4-5-9-14-12/h4-9H,1-3H3. The maximum atomic E-state index is 12.2. The molecule has 0 aliphatic rings. The predicted molar refractivity (Wildman–Crippen MR) is 73.8 cm³/mol.